The highest BCUT2D eigenvalue weighted by Crippen LogP contribution is 2.39. The summed E-state index contributed by atoms with van der Waals surface area (Å²) in [5.74, 6) is -2.60. The number of aliphatic carboxylic acids is 1. The number of carbonyl (C=O) groups is 1. The van der Waals surface area contributed by atoms with Gasteiger partial charge in [0.25, 0.3) is 5.69 Å². The van der Waals surface area contributed by atoms with Gasteiger partial charge < -0.3 is 14.6 Å². The number of hydrogen-bond acceptors (Lipinski definition) is 5. The maximum atomic E-state index is 12.8. The molecule has 1 aliphatic heterocycles. The summed E-state index contributed by atoms with van der Waals surface area (Å²) in [7, 11) is 0. The van der Waals surface area contributed by atoms with E-state index in [4.69, 9.17) is 21.1 Å². The molecule has 0 radical (unpaired) electrons. The molecule has 0 aromatic heterocycles. The van der Waals surface area contributed by atoms with Crippen molar-refractivity contribution in [1.82, 2.24) is 0 Å². The highest BCUT2D eigenvalue weighted by atomic mass is 35.5. The molecule has 172 valence electrons. The highest BCUT2D eigenvalue weighted by Gasteiger charge is 2.33. The average molecular weight is 474 g/mol. The zero-order valence-electron chi connectivity index (χ0n) is 16.6. The topological polar surface area (TPSA) is 98.9 Å². The summed E-state index contributed by atoms with van der Waals surface area (Å²) in [6.07, 6.45) is -2.51. The van der Waals surface area contributed by atoms with E-state index in [2.05, 4.69) is 0 Å². The zero-order valence-corrected chi connectivity index (χ0v) is 17.4. The normalized spacial score (nSPS) is 17.6. The number of ether oxygens (including phenoxy) is 2. The fourth-order valence-corrected chi connectivity index (χ4v) is 3.76. The second-order valence-corrected chi connectivity index (χ2v) is 7.75. The minimum absolute atomic E-state index is 0.00284. The molecule has 1 heterocycles. The van der Waals surface area contributed by atoms with Crippen LogP contribution in [0.15, 0.2) is 36.4 Å². The Bertz CT molecular complexity index is 1010. The van der Waals surface area contributed by atoms with Crippen LogP contribution in [-0.2, 0) is 15.7 Å². The van der Waals surface area contributed by atoms with Gasteiger partial charge in [0.2, 0.25) is 0 Å². The molecule has 1 fully saturated rings. The Labute approximate surface area is 185 Å². The molecule has 2 aromatic carbocycles. The number of rotatable bonds is 7. The molecule has 0 aliphatic carbocycles. The van der Waals surface area contributed by atoms with Gasteiger partial charge in [-0.2, -0.15) is 13.2 Å². The number of alkyl halides is 3. The van der Waals surface area contributed by atoms with Gasteiger partial charge in [-0.25, -0.2) is 0 Å². The lowest BCUT2D eigenvalue weighted by molar-refractivity contribution is -0.385. The van der Waals surface area contributed by atoms with Crippen LogP contribution >= 0.6 is 11.6 Å². The highest BCUT2D eigenvalue weighted by molar-refractivity contribution is 6.32. The van der Waals surface area contributed by atoms with E-state index in [0.717, 1.165) is 31.0 Å². The van der Waals surface area contributed by atoms with Crippen molar-refractivity contribution >= 4 is 23.3 Å². The number of nitro benzene ring substituents is 1. The van der Waals surface area contributed by atoms with E-state index in [1.165, 1.54) is 12.1 Å². The Kier molecular flexibility index (Phi) is 7.25. The van der Waals surface area contributed by atoms with Gasteiger partial charge in [-0.1, -0.05) is 11.6 Å². The number of benzene rings is 2. The summed E-state index contributed by atoms with van der Waals surface area (Å²) in [5.41, 5.74) is -1.45. The van der Waals surface area contributed by atoms with Gasteiger partial charge in [-0.3, -0.25) is 14.9 Å². The van der Waals surface area contributed by atoms with Gasteiger partial charge in [0.15, 0.2) is 0 Å². The first-order chi connectivity index (χ1) is 15.1. The number of carboxylic acid groups (broad SMARTS) is 1. The number of nitro groups is 1. The van der Waals surface area contributed by atoms with Gasteiger partial charge in [-0.15, -0.1) is 0 Å². The smallest absolute Gasteiger partial charge is 0.416 e. The molecule has 1 N–H and O–H groups in total. The minimum Gasteiger partial charge on any atom is -0.481 e. The monoisotopic (exact) mass is 473 g/mol. The molecule has 1 saturated heterocycles. The van der Waals surface area contributed by atoms with Crippen molar-refractivity contribution in [2.45, 2.75) is 43.9 Å². The standard InChI is InChI=1S/C21H19ClF3NO6/c22-17-9-12(21(23,24)25)4-7-19(17)32-14-5-6-18(26(29)30)15(11-14)16(20(27)28)10-13-3-1-2-8-31-13/h4-7,9,11,13,16H,1-3,8,10H2,(H,27,28). The predicted molar refractivity (Wildman–Crippen MR) is 108 cm³/mol. The maximum Gasteiger partial charge on any atom is 0.416 e. The Balaban J connectivity index is 1.93. The minimum atomic E-state index is -4.58. The molecule has 2 atom stereocenters. The summed E-state index contributed by atoms with van der Waals surface area (Å²) >= 11 is 5.90. The summed E-state index contributed by atoms with van der Waals surface area (Å²) in [6.45, 7) is 0.495. The molecule has 0 amide bonds. The fourth-order valence-electron chi connectivity index (χ4n) is 3.55. The van der Waals surface area contributed by atoms with Crippen LogP contribution in [0.3, 0.4) is 0 Å². The number of hydrogen-bond donors (Lipinski definition) is 1. The second-order valence-electron chi connectivity index (χ2n) is 7.34. The van der Waals surface area contributed by atoms with Crippen LogP contribution in [0.2, 0.25) is 5.02 Å². The Morgan fingerprint density at radius 3 is 2.59 bits per heavy atom. The lowest BCUT2D eigenvalue weighted by Gasteiger charge is -2.25. The molecule has 2 unspecified atom stereocenters. The molecule has 11 heteroatoms. The first-order valence-corrected chi connectivity index (χ1v) is 10.1. The zero-order chi connectivity index (χ0) is 23.5. The molecule has 0 saturated carbocycles. The molecular formula is C21H19ClF3NO6. The molecule has 0 bridgehead atoms. The van der Waals surface area contributed by atoms with Gasteiger partial charge >= 0.3 is 12.1 Å². The quantitative estimate of drug-likeness (QED) is 0.380. The van der Waals surface area contributed by atoms with Crippen molar-refractivity contribution in [3.05, 3.63) is 62.7 Å². The van der Waals surface area contributed by atoms with Crippen molar-refractivity contribution < 1.29 is 37.5 Å². The lowest BCUT2D eigenvalue weighted by Crippen LogP contribution is -2.25. The van der Waals surface area contributed by atoms with Gasteiger partial charge in [0.1, 0.15) is 11.5 Å². The predicted octanol–water partition coefficient (Wildman–Crippen LogP) is 6.19. The van der Waals surface area contributed by atoms with E-state index in [-0.39, 0.29) is 34.6 Å². The summed E-state index contributed by atoms with van der Waals surface area (Å²) in [4.78, 5) is 22.8. The van der Waals surface area contributed by atoms with Crippen LogP contribution in [0.5, 0.6) is 11.5 Å². The van der Waals surface area contributed by atoms with E-state index in [1.54, 1.807) is 0 Å². The number of halogens is 4. The lowest BCUT2D eigenvalue weighted by atomic mass is 9.89. The van der Waals surface area contributed by atoms with E-state index in [1.807, 2.05) is 0 Å². The fraction of sp³-hybridized carbons (Fsp3) is 0.381. The van der Waals surface area contributed by atoms with Crippen LogP contribution in [0.1, 0.15) is 42.7 Å². The van der Waals surface area contributed by atoms with E-state index in [9.17, 15) is 33.2 Å². The Morgan fingerprint density at radius 1 is 1.28 bits per heavy atom. The van der Waals surface area contributed by atoms with Crippen molar-refractivity contribution in [2.75, 3.05) is 6.61 Å². The third-order valence-corrected chi connectivity index (χ3v) is 5.42. The summed E-state index contributed by atoms with van der Waals surface area (Å²) < 4.78 is 49.6. The number of carboxylic acids is 1. The first-order valence-electron chi connectivity index (χ1n) is 9.73. The molecule has 1 aliphatic rings. The second kappa shape index (κ2) is 9.74. The molecule has 3 rings (SSSR count). The Morgan fingerprint density at radius 2 is 2.03 bits per heavy atom. The van der Waals surface area contributed by atoms with Crippen LogP contribution in [0, 0.1) is 10.1 Å². The van der Waals surface area contributed by atoms with Gasteiger partial charge in [0.05, 0.1) is 27.5 Å². The Hall–Kier alpha value is -2.85. The van der Waals surface area contributed by atoms with Crippen molar-refractivity contribution in [3.63, 3.8) is 0 Å². The van der Waals surface area contributed by atoms with Crippen LogP contribution in [0.25, 0.3) is 0 Å². The van der Waals surface area contributed by atoms with Crippen molar-refractivity contribution in [1.29, 1.82) is 0 Å². The number of nitrogens with zero attached hydrogens (tertiary/aromatic N) is 1. The third-order valence-electron chi connectivity index (χ3n) is 5.13. The molecule has 2 aromatic rings. The van der Waals surface area contributed by atoms with Crippen molar-refractivity contribution in [2.24, 2.45) is 0 Å². The van der Waals surface area contributed by atoms with Crippen LogP contribution in [0.4, 0.5) is 18.9 Å². The van der Waals surface area contributed by atoms with Crippen LogP contribution in [-0.4, -0.2) is 28.7 Å². The SMILES string of the molecule is O=C(O)C(CC1CCCCO1)c1cc(Oc2ccc(C(F)(F)F)cc2Cl)ccc1[N+](=O)[O-]. The molecule has 7 nitrogen and oxygen atoms in total. The van der Waals surface area contributed by atoms with E-state index in [0.29, 0.717) is 19.1 Å². The average Bonchev–Trinajstić information content (AvgIpc) is 2.73. The molecule has 0 spiro atoms. The van der Waals surface area contributed by atoms with Crippen molar-refractivity contribution in [3.8, 4) is 11.5 Å². The summed E-state index contributed by atoms with van der Waals surface area (Å²) in [6, 6.07) is 6.04. The third kappa shape index (κ3) is 5.68. The molecule has 32 heavy (non-hydrogen) atoms. The van der Waals surface area contributed by atoms with Crippen LogP contribution < -0.4 is 4.74 Å². The van der Waals surface area contributed by atoms with E-state index < -0.39 is 34.2 Å². The van der Waals surface area contributed by atoms with Gasteiger partial charge in [-0.05, 0) is 56.0 Å². The molecular weight excluding hydrogens is 455 g/mol. The largest absolute Gasteiger partial charge is 0.481 e. The van der Waals surface area contributed by atoms with Gasteiger partial charge in [0, 0.05) is 18.2 Å². The summed E-state index contributed by atoms with van der Waals surface area (Å²) in [5, 5.41) is 20.9. The van der Waals surface area contributed by atoms with E-state index >= 15 is 0 Å². The first kappa shape index (κ1) is 23.8. The maximum absolute atomic E-state index is 12.8.